The van der Waals surface area contributed by atoms with Crippen LogP contribution in [0.25, 0.3) is 0 Å². The van der Waals surface area contributed by atoms with Crippen LogP contribution in [0.5, 0.6) is 0 Å². The zero-order valence-electron chi connectivity index (χ0n) is 11.8. The predicted molar refractivity (Wildman–Crippen MR) is 82.0 cm³/mol. The Hall–Kier alpha value is -2.38. The summed E-state index contributed by atoms with van der Waals surface area (Å²) in [6, 6.07) is 9.89. The number of alkyl halides is 6. The zero-order chi connectivity index (χ0) is 18.4. The van der Waals surface area contributed by atoms with Crippen LogP contribution in [0.3, 0.4) is 0 Å². The van der Waals surface area contributed by atoms with Crippen LogP contribution in [-0.4, -0.2) is 5.16 Å². The Morgan fingerprint density at radius 3 is 1.67 bits per heavy atom. The van der Waals surface area contributed by atoms with E-state index in [-0.39, 0.29) is 11.4 Å². The summed E-state index contributed by atoms with van der Waals surface area (Å²) in [5.41, 5.74) is 3.07. The first-order valence-electron chi connectivity index (χ1n) is 6.23. The van der Waals surface area contributed by atoms with Crippen LogP contribution < -0.4 is 5.73 Å². The molecule has 9 heteroatoms. The molecule has 24 heavy (non-hydrogen) atoms. The van der Waals surface area contributed by atoms with Gasteiger partial charge in [-0.05, 0) is 36.5 Å². The average Bonchev–Trinajstić information content (AvgIpc) is 2.47. The second-order valence-corrected chi connectivity index (χ2v) is 4.49. The molecule has 0 fully saturated rings. The lowest BCUT2D eigenvalue weighted by atomic mass is 10.2. The molecule has 0 unspecified atom stereocenters. The van der Waals surface area contributed by atoms with Crippen molar-refractivity contribution < 1.29 is 26.3 Å². The van der Waals surface area contributed by atoms with Crippen LogP contribution in [0, 0.1) is 0 Å². The predicted octanol–water partition coefficient (Wildman–Crippen LogP) is 5.73. The Morgan fingerprint density at radius 2 is 1.25 bits per heavy atom. The molecule has 0 spiro atoms. The molecule has 0 heterocycles. The van der Waals surface area contributed by atoms with E-state index in [2.05, 4.69) is 17.2 Å². The monoisotopic (exact) mass is 364 g/mol. The van der Waals surface area contributed by atoms with Crippen LogP contribution in [0.15, 0.2) is 53.5 Å². The van der Waals surface area contributed by atoms with Crippen molar-refractivity contribution in [1.82, 2.24) is 0 Å². The van der Waals surface area contributed by atoms with E-state index in [4.69, 9.17) is 5.73 Å². The normalized spacial score (nSPS) is 11.1. The summed E-state index contributed by atoms with van der Waals surface area (Å²) in [4.78, 5) is 3.32. The number of halogens is 6. The highest BCUT2D eigenvalue weighted by molar-refractivity contribution is 7.78. The summed E-state index contributed by atoms with van der Waals surface area (Å²) in [5.74, 6) is 0. The van der Waals surface area contributed by atoms with E-state index in [9.17, 15) is 26.3 Å². The van der Waals surface area contributed by atoms with Crippen LogP contribution in [0.1, 0.15) is 11.1 Å². The van der Waals surface area contributed by atoms with Gasteiger partial charge in [-0.3, -0.25) is 0 Å². The van der Waals surface area contributed by atoms with Crippen molar-refractivity contribution in [3.05, 3.63) is 59.7 Å². The minimum Gasteiger partial charge on any atom is -0.398 e. The van der Waals surface area contributed by atoms with Gasteiger partial charge in [-0.2, -0.15) is 31.3 Å². The molecule has 0 amide bonds. The number of rotatable bonds is 1. The Balaban J connectivity index is 0.000000243. The fraction of sp³-hybridized carbons (Fsp3) is 0.133. The zero-order valence-corrected chi connectivity index (χ0v) is 12.6. The molecule has 128 valence electrons. The van der Waals surface area contributed by atoms with Gasteiger partial charge in [0.1, 0.15) is 0 Å². The van der Waals surface area contributed by atoms with Gasteiger partial charge in [0.25, 0.3) is 0 Å². The van der Waals surface area contributed by atoms with Crippen molar-refractivity contribution >= 4 is 28.8 Å². The maximum Gasteiger partial charge on any atom is 0.418 e. The Labute approximate surface area is 138 Å². The molecule has 0 saturated heterocycles. The fourth-order valence-corrected chi connectivity index (χ4v) is 1.71. The number of isothiocyanates is 1. The quantitative estimate of drug-likeness (QED) is 0.304. The number of thiocarbonyl (C=S) groups is 1. The number of anilines is 1. The third-order valence-corrected chi connectivity index (χ3v) is 2.73. The van der Waals surface area contributed by atoms with E-state index in [0.717, 1.165) is 12.1 Å². The maximum atomic E-state index is 12.2. The highest BCUT2D eigenvalue weighted by Gasteiger charge is 2.33. The third kappa shape index (κ3) is 5.68. The minimum atomic E-state index is -4.40. The molecule has 2 rings (SSSR count). The first-order valence-corrected chi connectivity index (χ1v) is 6.64. The number of nitrogen functional groups attached to an aromatic ring is 1. The molecular weight excluding hydrogens is 354 g/mol. The van der Waals surface area contributed by atoms with E-state index in [1.165, 1.54) is 36.4 Å². The van der Waals surface area contributed by atoms with Crippen LogP contribution in [-0.2, 0) is 12.4 Å². The molecule has 2 aromatic carbocycles. The largest absolute Gasteiger partial charge is 0.418 e. The molecule has 0 aliphatic carbocycles. The smallest absolute Gasteiger partial charge is 0.398 e. The van der Waals surface area contributed by atoms with Crippen molar-refractivity contribution in [3.63, 3.8) is 0 Å². The molecule has 2 aromatic rings. The lowest BCUT2D eigenvalue weighted by Gasteiger charge is -2.07. The summed E-state index contributed by atoms with van der Waals surface area (Å²) in [7, 11) is 0. The van der Waals surface area contributed by atoms with Gasteiger partial charge in [-0.25, -0.2) is 0 Å². The first kappa shape index (κ1) is 19.7. The van der Waals surface area contributed by atoms with Crippen LogP contribution >= 0.6 is 12.2 Å². The van der Waals surface area contributed by atoms with Gasteiger partial charge in [0.05, 0.1) is 22.0 Å². The summed E-state index contributed by atoms with van der Waals surface area (Å²) >= 11 is 4.23. The number of para-hydroxylation sites is 2. The van der Waals surface area contributed by atoms with Gasteiger partial charge in [0.2, 0.25) is 0 Å². The Morgan fingerprint density at radius 1 is 0.792 bits per heavy atom. The van der Waals surface area contributed by atoms with E-state index >= 15 is 0 Å². The second-order valence-electron chi connectivity index (χ2n) is 4.30. The van der Waals surface area contributed by atoms with Gasteiger partial charge in [0, 0.05) is 5.69 Å². The van der Waals surface area contributed by atoms with Crippen LogP contribution in [0.2, 0.25) is 0 Å². The van der Waals surface area contributed by atoms with Gasteiger partial charge in [-0.1, -0.05) is 24.3 Å². The summed E-state index contributed by atoms with van der Waals surface area (Å²) in [6.07, 6.45) is -8.74. The lowest BCUT2D eigenvalue weighted by Crippen LogP contribution is -2.07. The van der Waals surface area contributed by atoms with Crippen LogP contribution in [0.4, 0.5) is 37.7 Å². The van der Waals surface area contributed by atoms with Crippen molar-refractivity contribution in [2.75, 3.05) is 5.73 Å². The maximum absolute atomic E-state index is 12.2. The molecular formula is C15H10F6N2S. The topological polar surface area (TPSA) is 38.4 Å². The van der Waals surface area contributed by atoms with E-state index in [1.54, 1.807) is 0 Å². The minimum absolute atomic E-state index is 0.204. The van der Waals surface area contributed by atoms with Gasteiger partial charge in [-0.15, -0.1) is 0 Å². The lowest BCUT2D eigenvalue weighted by molar-refractivity contribution is -0.137. The highest BCUT2D eigenvalue weighted by Crippen LogP contribution is 2.35. The van der Waals surface area contributed by atoms with Crippen molar-refractivity contribution in [2.24, 2.45) is 4.99 Å². The van der Waals surface area contributed by atoms with Crippen molar-refractivity contribution in [1.29, 1.82) is 0 Å². The Bertz CT molecular complexity index is 733. The van der Waals surface area contributed by atoms with Gasteiger partial charge in [0.15, 0.2) is 0 Å². The molecule has 0 aromatic heterocycles. The first-order chi connectivity index (χ1) is 11.1. The summed E-state index contributed by atoms with van der Waals surface area (Å²) < 4.78 is 72.7. The molecule has 0 atom stereocenters. The summed E-state index contributed by atoms with van der Waals surface area (Å²) in [5, 5.41) is 1.90. The standard InChI is InChI=1S/C8H4F3NS.C7H6F3N/c9-8(10,11)6-3-1-2-4-7(6)12-5-13;8-7(9,10)5-3-1-2-4-6(5)11/h1-4H;1-4H,11H2. The number of aliphatic imine (C=N–C) groups is 1. The molecule has 0 aliphatic heterocycles. The number of benzene rings is 2. The van der Waals surface area contributed by atoms with Crippen molar-refractivity contribution in [3.8, 4) is 0 Å². The van der Waals surface area contributed by atoms with Gasteiger partial charge >= 0.3 is 12.4 Å². The second kappa shape index (κ2) is 7.94. The molecule has 0 saturated carbocycles. The SMILES string of the molecule is FC(F)(F)c1ccccc1N=C=S.Nc1ccccc1C(F)(F)F. The Kier molecular flexibility index (Phi) is 6.51. The van der Waals surface area contributed by atoms with E-state index in [1.807, 2.05) is 5.16 Å². The number of hydrogen-bond acceptors (Lipinski definition) is 3. The third-order valence-electron chi connectivity index (χ3n) is 2.64. The fourth-order valence-electron chi connectivity index (χ4n) is 1.62. The van der Waals surface area contributed by atoms with Crippen molar-refractivity contribution in [2.45, 2.75) is 12.4 Å². The molecule has 2 nitrogen and oxygen atoms in total. The van der Waals surface area contributed by atoms with E-state index in [0.29, 0.717) is 0 Å². The number of nitrogens with zero attached hydrogens (tertiary/aromatic N) is 1. The molecule has 0 radical (unpaired) electrons. The summed E-state index contributed by atoms with van der Waals surface area (Å²) in [6.45, 7) is 0. The van der Waals surface area contributed by atoms with E-state index < -0.39 is 23.5 Å². The number of hydrogen-bond donors (Lipinski definition) is 1. The average molecular weight is 364 g/mol. The number of nitrogens with two attached hydrogens (primary N) is 1. The van der Waals surface area contributed by atoms with Gasteiger partial charge < -0.3 is 5.73 Å². The molecule has 0 bridgehead atoms. The molecule has 2 N–H and O–H groups in total. The highest BCUT2D eigenvalue weighted by atomic mass is 32.1. The molecule has 0 aliphatic rings.